The molecule has 362 valence electrons. The van der Waals surface area contributed by atoms with Gasteiger partial charge in [-0.25, -0.2) is 4.79 Å². The van der Waals surface area contributed by atoms with E-state index in [0.717, 1.165) is 11.1 Å². The molecule has 18 heteroatoms. The van der Waals surface area contributed by atoms with Gasteiger partial charge in [-0.3, -0.25) is 39.0 Å². The Morgan fingerprint density at radius 1 is 0.892 bits per heavy atom. The average molecular weight is 913 g/mol. The molecule has 2 N–H and O–H groups in total. The van der Waals surface area contributed by atoms with Crippen molar-refractivity contribution in [3.05, 3.63) is 69.3 Å². The molecule has 5 unspecified atom stereocenters. The highest BCUT2D eigenvalue weighted by atomic mass is 16.7. The van der Waals surface area contributed by atoms with Gasteiger partial charge in [0, 0.05) is 45.4 Å². The van der Waals surface area contributed by atoms with Crippen LogP contribution in [0.15, 0.2) is 42.5 Å². The van der Waals surface area contributed by atoms with E-state index in [4.69, 9.17) is 18.9 Å². The summed E-state index contributed by atoms with van der Waals surface area (Å²) in [7, 11) is 8.02. The van der Waals surface area contributed by atoms with Gasteiger partial charge in [-0.1, -0.05) is 78.1 Å². The number of nitro groups is 1. The Morgan fingerprint density at radius 2 is 1.51 bits per heavy atom. The van der Waals surface area contributed by atoms with Crippen LogP contribution < -0.4 is 15.4 Å². The second-order valence-corrected chi connectivity index (χ2v) is 17.1. The summed E-state index contributed by atoms with van der Waals surface area (Å²) in [6.07, 6.45) is -1.59. The van der Waals surface area contributed by atoms with Crippen LogP contribution in [0.1, 0.15) is 95.1 Å². The Kier molecular flexibility index (Phi) is 23.2. The van der Waals surface area contributed by atoms with Crippen LogP contribution in [-0.2, 0) is 33.4 Å². The monoisotopic (exact) mass is 913 g/mol. The summed E-state index contributed by atoms with van der Waals surface area (Å²) in [5, 5.41) is 16.5. The van der Waals surface area contributed by atoms with E-state index in [0.29, 0.717) is 18.4 Å². The minimum absolute atomic E-state index is 0.000839. The van der Waals surface area contributed by atoms with Crippen LogP contribution in [0.4, 0.5) is 10.5 Å². The van der Waals surface area contributed by atoms with E-state index in [1.54, 1.807) is 39.0 Å². The summed E-state index contributed by atoms with van der Waals surface area (Å²) in [6.45, 7) is 14.7. The first-order valence-electron chi connectivity index (χ1n) is 22.2. The molecule has 1 heterocycles. The lowest BCUT2D eigenvalue weighted by Gasteiger charge is -2.37. The van der Waals surface area contributed by atoms with Gasteiger partial charge in [0.15, 0.2) is 5.78 Å². The molecule has 1 aliphatic rings. The highest BCUT2D eigenvalue weighted by molar-refractivity contribution is 6.00. The minimum Gasteiger partial charge on any atom is -0.429 e. The van der Waals surface area contributed by atoms with Crippen LogP contribution in [0.25, 0.3) is 0 Å². The van der Waals surface area contributed by atoms with Crippen molar-refractivity contribution in [1.82, 2.24) is 25.3 Å². The number of Topliss-reactive ketones (excluding diaryl/α,β-unsaturated/α-hetero) is 1. The highest BCUT2D eigenvalue weighted by Gasteiger charge is 2.46. The molecule has 18 nitrogen and oxygen atoms in total. The molecule has 0 radical (unpaired) electrons. The number of aryl methyl sites for hydroxylation is 2. The van der Waals surface area contributed by atoms with Crippen molar-refractivity contribution in [2.24, 2.45) is 11.8 Å². The number of ether oxygens (including phenoxy) is 4. The summed E-state index contributed by atoms with van der Waals surface area (Å²) >= 11 is 0. The fourth-order valence-corrected chi connectivity index (χ4v) is 8.10. The molecule has 2 aromatic carbocycles. The zero-order valence-corrected chi connectivity index (χ0v) is 40.5. The summed E-state index contributed by atoms with van der Waals surface area (Å²) in [4.78, 5) is 95.9. The maximum absolute atomic E-state index is 14.4. The number of non-ortho nitro benzene ring substituents is 1. The zero-order valence-electron chi connectivity index (χ0n) is 40.5. The number of nitrogens with one attached hydrogen (secondary N) is 2. The molecule has 7 atom stereocenters. The molecule has 0 aromatic heterocycles. The number of methoxy groups -OCH3 is 2. The molecule has 65 heavy (non-hydrogen) atoms. The number of nitro benzene ring substituents is 1. The van der Waals surface area contributed by atoms with Gasteiger partial charge in [0.05, 0.1) is 67.2 Å². The topological polar surface area (TPSA) is 216 Å². The van der Waals surface area contributed by atoms with Gasteiger partial charge in [-0.15, -0.1) is 0 Å². The first-order chi connectivity index (χ1) is 30.6. The van der Waals surface area contributed by atoms with Crippen LogP contribution in [0.3, 0.4) is 0 Å². The number of nitrogens with zero attached hydrogens (tertiary/aromatic N) is 4. The van der Waals surface area contributed by atoms with Crippen LogP contribution >= 0.6 is 0 Å². The quantitative estimate of drug-likeness (QED) is 0.0492. The first-order valence-corrected chi connectivity index (χ1v) is 22.2. The van der Waals surface area contributed by atoms with E-state index in [1.807, 2.05) is 46.8 Å². The first kappa shape index (κ1) is 55.7. The van der Waals surface area contributed by atoms with E-state index < -0.39 is 65.2 Å². The van der Waals surface area contributed by atoms with Crippen molar-refractivity contribution in [2.75, 3.05) is 55.0 Å². The predicted octanol–water partition coefficient (Wildman–Crippen LogP) is 5.50. The van der Waals surface area contributed by atoms with Gasteiger partial charge in [0.25, 0.3) is 5.69 Å². The predicted molar refractivity (Wildman–Crippen MR) is 245 cm³/mol. The minimum atomic E-state index is -1.11. The molecule has 0 saturated carbocycles. The van der Waals surface area contributed by atoms with Gasteiger partial charge < -0.3 is 39.4 Å². The Balaban J connectivity index is 0.00000470. The van der Waals surface area contributed by atoms with Gasteiger partial charge in [-0.05, 0) is 58.0 Å². The lowest BCUT2D eigenvalue weighted by molar-refractivity contribution is -0.384. The van der Waals surface area contributed by atoms with Gasteiger partial charge in [0.1, 0.15) is 11.9 Å². The number of likely N-dealkylation sites (N-methyl/N-ethyl adjacent to an activating group) is 2. The largest absolute Gasteiger partial charge is 0.514 e. The smallest absolute Gasteiger partial charge is 0.429 e. The lowest BCUT2D eigenvalue weighted by Crippen LogP contribution is -2.53. The number of ketones is 1. The molecule has 1 fully saturated rings. The number of hydrogen-bond donors (Lipinski definition) is 2. The van der Waals surface area contributed by atoms with Gasteiger partial charge in [-0.2, -0.15) is 0 Å². The maximum Gasteiger partial charge on any atom is 0.514 e. The SMILES string of the molecule is CCC.CCC[C@@H](C(CC(=O)N1CC(OC(=O)Oc2ccc([N+](=O)[O-])cc2)C[C@H]1C(OC)C(C)C(=O)NCC(=O)c1ccc(C)cc1C)OC)N(C)C(=O)CNC(=O)C(C(C)C)N(C)C. The van der Waals surface area contributed by atoms with Crippen LogP contribution in [0.2, 0.25) is 0 Å². The standard InChI is InChI=1S/C44H64N6O12.C3H8/c1-12-13-34(48(9)39(53)24-46-43(55)40(26(2)3)47(7)8)37(59-10)22-38(52)49-25-32(62-44(56)61-31-17-15-30(16-18-31)50(57)58)21-35(49)41(60-11)29(6)42(54)45-23-36(51)33-19-14-27(4)20-28(33)5;1-3-2/h14-20,26,29,32,34-35,37,40-41H,12-13,21-25H2,1-11H3,(H,45,54)(H,46,55);3H2,1-2H3/t29?,32?,34-,35-,37?,40?,41?;/m0./s1. The summed E-state index contributed by atoms with van der Waals surface area (Å²) < 4.78 is 22.7. The Hall–Kier alpha value is -5.46. The van der Waals surface area contributed by atoms with E-state index in [-0.39, 0.29) is 67.4 Å². The number of hydrogen-bond acceptors (Lipinski definition) is 13. The van der Waals surface area contributed by atoms with Gasteiger partial charge in [0.2, 0.25) is 23.6 Å². The van der Waals surface area contributed by atoms with Crippen molar-refractivity contribution in [3.63, 3.8) is 0 Å². The number of likely N-dealkylation sites (tertiary alicyclic amines) is 1. The Bertz CT molecular complexity index is 1900. The van der Waals surface area contributed by atoms with Crippen molar-refractivity contribution in [3.8, 4) is 5.75 Å². The molecule has 1 saturated heterocycles. The molecule has 1 aliphatic heterocycles. The third-order valence-corrected chi connectivity index (χ3v) is 11.3. The second kappa shape index (κ2) is 27.1. The van der Waals surface area contributed by atoms with Crippen molar-refractivity contribution in [1.29, 1.82) is 0 Å². The molecule has 0 spiro atoms. The van der Waals surface area contributed by atoms with E-state index >= 15 is 0 Å². The zero-order chi connectivity index (χ0) is 49.1. The van der Waals surface area contributed by atoms with Crippen LogP contribution in [0, 0.1) is 35.8 Å². The third kappa shape index (κ3) is 16.5. The molecule has 2 aromatic rings. The van der Waals surface area contributed by atoms with Gasteiger partial charge >= 0.3 is 6.16 Å². The molecular weight excluding hydrogens is 841 g/mol. The number of carbonyl (C=O) groups is 6. The van der Waals surface area contributed by atoms with E-state index in [9.17, 15) is 38.9 Å². The van der Waals surface area contributed by atoms with Crippen LogP contribution in [-0.4, -0.2) is 147 Å². The Labute approximate surface area is 384 Å². The fourth-order valence-electron chi connectivity index (χ4n) is 8.10. The Morgan fingerprint density at radius 3 is 2.03 bits per heavy atom. The normalized spacial score (nSPS) is 16.9. The summed E-state index contributed by atoms with van der Waals surface area (Å²) in [6, 6.07) is 8.43. The third-order valence-electron chi connectivity index (χ3n) is 11.3. The number of benzene rings is 2. The van der Waals surface area contributed by atoms with Crippen molar-refractivity contribution >= 4 is 41.3 Å². The molecule has 0 bridgehead atoms. The number of amides is 4. The molecule has 3 rings (SSSR count). The molecular formula is C47H72N6O12. The number of carbonyl (C=O) groups excluding carboxylic acids is 6. The summed E-state index contributed by atoms with van der Waals surface area (Å²) in [5.41, 5.74) is 2.06. The van der Waals surface area contributed by atoms with E-state index in [2.05, 4.69) is 24.5 Å². The lowest BCUT2D eigenvalue weighted by atomic mass is 9.93. The fraction of sp³-hybridized carbons (Fsp3) is 0.617. The number of rotatable bonds is 22. The summed E-state index contributed by atoms with van der Waals surface area (Å²) in [5.74, 6) is -2.76. The maximum atomic E-state index is 14.4. The van der Waals surface area contributed by atoms with E-state index in [1.165, 1.54) is 54.7 Å². The van der Waals surface area contributed by atoms with Crippen molar-refractivity contribution < 1.29 is 52.6 Å². The molecule has 0 aliphatic carbocycles. The van der Waals surface area contributed by atoms with Crippen molar-refractivity contribution in [2.45, 2.75) is 124 Å². The average Bonchev–Trinajstić information content (AvgIpc) is 3.65. The van der Waals surface area contributed by atoms with Crippen LogP contribution in [0.5, 0.6) is 5.75 Å². The second-order valence-electron chi connectivity index (χ2n) is 17.1. The molecule has 4 amide bonds. The highest BCUT2D eigenvalue weighted by Crippen LogP contribution is 2.31.